The van der Waals surface area contributed by atoms with Crippen molar-refractivity contribution in [2.24, 2.45) is 22.7 Å². The van der Waals surface area contributed by atoms with Gasteiger partial charge in [-0.15, -0.1) is 0 Å². The maximum atomic E-state index is 16.9. The zero-order valence-corrected chi connectivity index (χ0v) is 16.0. The first kappa shape index (κ1) is 25.7. The van der Waals surface area contributed by atoms with E-state index in [1.807, 2.05) is 0 Å². The molecule has 0 radical (unpaired) electrons. The molecule has 4 unspecified atom stereocenters. The molecule has 0 aliphatic heterocycles. The van der Waals surface area contributed by atoms with Gasteiger partial charge in [0.15, 0.2) is 0 Å². The lowest BCUT2D eigenvalue weighted by Gasteiger charge is -2.55. The number of rotatable bonds is 7. The Morgan fingerprint density at radius 2 is 0.970 bits per heavy atom. The van der Waals surface area contributed by atoms with Crippen LogP contribution in [0.25, 0.3) is 0 Å². The second-order valence-electron chi connectivity index (χ2n) is 7.20. The summed E-state index contributed by atoms with van der Waals surface area (Å²) in [6, 6.07) is 0. The quantitative estimate of drug-likeness (QED) is 0.403. The predicted octanol–water partition coefficient (Wildman–Crippen LogP) is 2.69. The zero-order valence-electron chi connectivity index (χ0n) is 16.0. The minimum Gasteiger partial charge on any atom is -0.481 e. The highest BCUT2D eigenvalue weighted by atomic mass is 19.4. The zero-order chi connectivity index (χ0) is 25.6. The Bertz CT molecular complexity index is 946. The highest BCUT2D eigenvalue weighted by molar-refractivity contribution is 5.94. The highest BCUT2D eigenvalue weighted by Gasteiger charge is 2.89. The Morgan fingerprint density at radius 3 is 1.21 bits per heavy atom. The molecule has 4 N–H and O–H groups in total. The van der Waals surface area contributed by atoms with Gasteiger partial charge in [0, 0.05) is 0 Å². The molecular weight excluding hydrogens is 470 g/mol. The maximum Gasteiger partial charge on any atom is 0.456 e. The molecule has 14 heteroatoms. The molecule has 0 spiro atoms. The first-order valence-electron chi connectivity index (χ1n) is 8.74. The topological polar surface area (TPSA) is 149 Å². The first-order chi connectivity index (χ1) is 15.0. The van der Waals surface area contributed by atoms with E-state index in [1.54, 1.807) is 0 Å². The molecule has 2 rings (SSSR count). The fourth-order valence-electron chi connectivity index (χ4n) is 4.25. The van der Waals surface area contributed by atoms with Gasteiger partial charge in [-0.3, -0.25) is 19.2 Å². The van der Waals surface area contributed by atoms with Gasteiger partial charge in [-0.05, 0) is 0 Å². The third-order valence-corrected chi connectivity index (χ3v) is 5.70. The predicted molar refractivity (Wildman–Crippen MR) is 93.8 cm³/mol. The number of allylic oxidation sites excluding steroid dienone is 4. The fraction of sp³-hybridized carbons (Fsp3) is 0.368. The Labute approximate surface area is 179 Å². The van der Waals surface area contributed by atoms with Crippen LogP contribution in [0.1, 0.15) is 0 Å². The van der Waals surface area contributed by atoms with Gasteiger partial charge in [-0.1, -0.05) is 48.6 Å². The van der Waals surface area contributed by atoms with Gasteiger partial charge in [0.1, 0.15) is 10.8 Å². The van der Waals surface area contributed by atoms with Crippen molar-refractivity contribution in [1.82, 2.24) is 0 Å². The van der Waals surface area contributed by atoms with Crippen LogP contribution < -0.4 is 0 Å². The van der Waals surface area contributed by atoms with Gasteiger partial charge in [0.2, 0.25) is 5.67 Å². The van der Waals surface area contributed by atoms with E-state index in [-0.39, 0.29) is 24.3 Å². The second kappa shape index (κ2) is 7.78. The summed E-state index contributed by atoms with van der Waals surface area (Å²) in [5.41, 5.74) is -14.8. The van der Waals surface area contributed by atoms with Gasteiger partial charge in [0.05, 0.1) is 11.8 Å². The summed E-state index contributed by atoms with van der Waals surface area (Å²) in [6.45, 7) is 0. The van der Waals surface area contributed by atoms with E-state index in [2.05, 4.69) is 0 Å². The fourth-order valence-corrected chi connectivity index (χ4v) is 4.25. The molecule has 0 aromatic rings. The number of aliphatic carboxylic acids is 4. The molecule has 0 saturated carbocycles. The lowest BCUT2D eigenvalue weighted by atomic mass is 9.47. The SMILES string of the molecule is O=C(O)C1C=CC=CC1(C(=O)O)C(F)(C1(C(=O)O)C=CC=CC1C(=O)O)C(F)(F)C(F)(F)F. The summed E-state index contributed by atoms with van der Waals surface area (Å²) in [7, 11) is 0. The van der Waals surface area contributed by atoms with E-state index < -0.39 is 64.3 Å². The van der Waals surface area contributed by atoms with Gasteiger partial charge in [-0.2, -0.15) is 22.0 Å². The maximum absolute atomic E-state index is 16.9. The Kier molecular flexibility index (Phi) is 6.05. The summed E-state index contributed by atoms with van der Waals surface area (Å²) in [5, 5.41) is 38.3. The molecule has 0 fully saturated rings. The molecule has 33 heavy (non-hydrogen) atoms. The average Bonchev–Trinajstić information content (AvgIpc) is 2.71. The van der Waals surface area contributed by atoms with Gasteiger partial charge >= 0.3 is 36.0 Å². The molecule has 4 atom stereocenters. The molecule has 8 nitrogen and oxygen atoms in total. The molecule has 0 saturated heterocycles. The van der Waals surface area contributed by atoms with Crippen molar-refractivity contribution in [2.45, 2.75) is 17.8 Å². The monoisotopic (exact) mass is 484 g/mol. The molecular formula is C19H14F6O8. The molecule has 2 aliphatic carbocycles. The van der Waals surface area contributed by atoms with Gasteiger partial charge in [0.25, 0.3) is 0 Å². The number of carboxylic acid groups (broad SMARTS) is 4. The van der Waals surface area contributed by atoms with Crippen LogP contribution >= 0.6 is 0 Å². The molecule has 2 aliphatic rings. The van der Waals surface area contributed by atoms with Crippen molar-refractivity contribution in [3.8, 4) is 0 Å². The largest absolute Gasteiger partial charge is 0.481 e. The summed E-state index contributed by atoms with van der Waals surface area (Å²) >= 11 is 0. The van der Waals surface area contributed by atoms with Crippen LogP contribution in [0.5, 0.6) is 0 Å². The number of hydrogen-bond donors (Lipinski definition) is 4. The molecule has 0 amide bonds. The van der Waals surface area contributed by atoms with Crippen molar-refractivity contribution in [3.63, 3.8) is 0 Å². The summed E-state index contributed by atoms with van der Waals surface area (Å²) in [6.07, 6.45) is -4.37. The molecule has 0 bridgehead atoms. The second-order valence-corrected chi connectivity index (χ2v) is 7.20. The minimum absolute atomic E-state index is 0.135. The highest BCUT2D eigenvalue weighted by Crippen LogP contribution is 2.67. The van der Waals surface area contributed by atoms with E-state index in [9.17, 15) is 52.8 Å². The Morgan fingerprint density at radius 1 is 0.636 bits per heavy atom. The summed E-state index contributed by atoms with van der Waals surface area (Å²) in [5.74, 6) is -23.5. The summed E-state index contributed by atoms with van der Waals surface area (Å²) < 4.78 is 88.0. The van der Waals surface area contributed by atoms with E-state index in [0.29, 0.717) is 24.3 Å². The number of halogens is 6. The van der Waals surface area contributed by atoms with Crippen LogP contribution in [-0.2, 0) is 19.2 Å². The van der Waals surface area contributed by atoms with E-state index in [1.165, 1.54) is 0 Å². The third-order valence-electron chi connectivity index (χ3n) is 5.70. The van der Waals surface area contributed by atoms with Crippen LogP contribution in [0, 0.1) is 22.7 Å². The van der Waals surface area contributed by atoms with E-state index in [0.717, 1.165) is 0 Å². The van der Waals surface area contributed by atoms with E-state index in [4.69, 9.17) is 0 Å². The van der Waals surface area contributed by atoms with Crippen molar-refractivity contribution in [3.05, 3.63) is 48.6 Å². The standard InChI is InChI=1S/C19H14F6O8/c20-17(18(21,22)19(23,24)25,15(13(30)31)7-3-1-5-9(15)11(26)27)16(14(32)33)8-4-2-6-10(16)12(28)29/h1-10H,(H,26,27)(H,28,29)(H,30,31)(H,32,33). The van der Waals surface area contributed by atoms with Gasteiger partial charge < -0.3 is 20.4 Å². The van der Waals surface area contributed by atoms with Crippen LogP contribution in [0.3, 0.4) is 0 Å². The number of carboxylic acids is 4. The van der Waals surface area contributed by atoms with Crippen molar-refractivity contribution in [1.29, 1.82) is 0 Å². The van der Waals surface area contributed by atoms with Crippen molar-refractivity contribution < 1.29 is 65.9 Å². The third kappa shape index (κ3) is 3.07. The number of carbonyl (C=O) groups is 4. The molecule has 180 valence electrons. The Balaban J connectivity index is 3.25. The lowest BCUT2D eigenvalue weighted by molar-refractivity contribution is -0.361. The minimum atomic E-state index is -6.98. The van der Waals surface area contributed by atoms with E-state index >= 15 is 13.2 Å². The van der Waals surface area contributed by atoms with Crippen LogP contribution in [0.2, 0.25) is 0 Å². The van der Waals surface area contributed by atoms with Crippen LogP contribution in [-0.4, -0.2) is 62.1 Å². The number of hydrogen-bond acceptors (Lipinski definition) is 4. The molecule has 0 aromatic heterocycles. The molecule has 0 heterocycles. The average molecular weight is 484 g/mol. The van der Waals surface area contributed by atoms with Crippen molar-refractivity contribution >= 4 is 23.9 Å². The first-order valence-corrected chi connectivity index (χ1v) is 8.74. The summed E-state index contributed by atoms with van der Waals surface area (Å²) in [4.78, 5) is 47.9. The lowest BCUT2D eigenvalue weighted by Crippen LogP contribution is -2.77. The normalized spacial score (nSPS) is 31.1. The smallest absolute Gasteiger partial charge is 0.456 e. The van der Waals surface area contributed by atoms with Gasteiger partial charge in [-0.25, -0.2) is 4.39 Å². The Hall–Kier alpha value is -3.58. The van der Waals surface area contributed by atoms with Crippen molar-refractivity contribution in [2.75, 3.05) is 0 Å². The van der Waals surface area contributed by atoms with Crippen LogP contribution in [0.4, 0.5) is 26.3 Å². The van der Waals surface area contributed by atoms with Crippen LogP contribution in [0.15, 0.2) is 48.6 Å². The molecule has 0 aromatic carbocycles. The number of alkyl halides is 6.